The number of benzene rings is 2. The number of nitrogens with zero attached hydrogens (tertiary/aromatic N) is 3. The van der Waals surface area contributed by atoms with Gasteiger partial charge < -0.3 is 5.32 Å². The Hall–Kier alpha value is -3.02. The van der Waals surface area contributed by atoms with Crippen LogP contribution >= 0.6 is 0 Å². The molecule has 0 bridgehead atoms. The minimum absolute atomic E-state index is 0.204. The summed E-state index contributed by atoms with van der Waals surface area (Å²) in [5.41, 5.74) is 3.15. The summed E-state index contributed by atoms with van der Waals surface area (Å²) < 4.78 is 14.8. The van der Waals surface area contributed by atoms with Gasteiger partial charge in [0.1, 0.15) is 5.82 Å². The SMILES string of the molecule is Cc1ccc(-n2nnc(C(=O)Nc3cccc(F)c3)c2C)cc1. The van der Waals surface area contributed by atoms with Crippen LogP contribution in [-0.4, -0.2) is 20.9 Å². The lowest BCUT2D eigenvalue weighted by Crippen LogP contribution is -2.14. The number of aromatic nitrogens is 3. The van der Waals surface area contributed by atoms with Crippen molar-refractivity contribution in [2.45, 2.75) is 13.8 Å². The van der Waals surface area contributed by atoms with E-state index in [0.29, 0.717) is 11.4 Å². The van der Waals surface area contributed by atoms with E-state index in [1.165, 1.54) is 18.2 Å². The second kappa shape index (κ2) is 6.00. The summed E-state index contributed by atoms with van der Waals surface area (Å²) in [5, 5.41) is 10.6. The fourth-order valence-corrected chi connectivity index (χ4v) is 2.23. The Morgan fingerprint density at radius 2 is 1.87 bits per heavy atom. The number of nitrogens with one attached hydrogen (secondary N) is 1. The molecule has 1 aromatic heterocycles. The van der Waals surface area contributed by atoms with E-state index in [4.69, 9.17) is 0 Å². The van der Waals surface area contributed by atoms with Crippen molar-refractivity contribution in [1.82, 2.24) is 15.0 Å². The highest BCUT2D eigenvalue weighted by Gasteiger charge is 2.17. The van der Waals surface area contributed by atoms with Gasteiger partial charge in [0.05, 0.1) is 11.4 Å². The van der Waals surface area contributed by atoms with Crippen LogP contribution in [0.4, 0.5) is 10.1 Å². The highest BCUT2D eigenvalue weighted by atomic mass is 19.1. The van der Waals surface area contributed by atoms with Crippen LogP contribution in [0.1, 0.15) is 21.7 Å². The molecule has 0 saturated heterocycles. The van der Waals surface area contributed by atoms with Crippen molar-refractivity contribution in [1.29, 1.82) is 0 Å². The number of carbonyl (C=O) groups is 1. The van der Waals surface area contributed by atoms with Gasteiger partial charge in [-0.25, -0.2) is 9.07 Å². The van der Waals surface area contributed by atoms with Crippen LogP contribution in [0, 0.1) is 19.7 Å². The van der Waals surface area contributed by atoms with Crippen LogP contribution in [0.25, 0.3) is 5.69 Å². The van der Waals surface area contributed by atoms with Crippen LogP contribution in [-0.2, 0) is 0 Å². The summed E-state index contributed by atoms with van der Waals surface area (Å²) in [6.07, 6.45) is 0. The molecule has 23 heavy (non-hydrogen) atoms. The highest BCUT2D eigenvalue weighted by Crippen LogP contribution is 2.15. The Balaban J connectivity index is 1.86. The van der Waals surface area contributed by atoms with Gasteiger partial charge in [-0.3, -0.25) is 4.79 Å². The maximum absolute atomic E-state index is 13.2. The largest absolute Gasteiger partial charge is 0.320 e. The van der Waals surface area contributed by atoms with Crippen LogP contribution in [0.15, 0.2) is 48.5 Å². The number of aryl methyl sites for hydroxylation is 1. The molecule has 0 spiro atoms. The van der Waals surface area contributed by atoms with E-state index in [2.05, 4.69) is 15.6 Å². The monoisotopic (exact) mass is 310 g/mol. The lowest BCUT2D eigenvalue weighted by molar-refractivity contribution is 0.102. The van der Waals surface area contributed by atoms with Crippen molar-refractivity contribution in [3.63, 3.8) is 0 Å². The Morgan fingerprint density at radius 1 is 1.13 bits per heavy atom. The molecule has 6 heteroatoms. The number of hydrogen-bond acceptors (Lipinski definition) is 3. The molecular formula is C17H15FN4O. The number of halogens is 1. The lowest BCUT2D eigenvalue weighted by atomic mass is 10.2. The van der Waals surface area contributed by atoms with Crippen molar-refractivity contribution in [3.8, 4) is 5.69 Å². The number of amides is 1. The molecule has 1 amide bonds. The Kier molecular flexibility index (Phi) is 3.89. The predicted octanol–water partition coefficient (Wildman–Crippen LogP) is 3.28. The summed E-state index contributed by atoms with van der Waals surface area (Å²) in [4.78, 5) is 12.3. The lowest BCUT2D eigenvalue weighted by Gasteiger charge is -2.05. The smallest absolute Gasteiger partial charge is 0.278 e. The molecule has 2 aromatic carbocycles. The van der Waals surface area contributed by atoms with Crippen molar-refractivity contribution in [3.05, 3.63) is 71.3 Å². The summed E-state index contributed by atoms with van der Waals surface area (Å²) >= 11 is 0. The van der Waals surface area contributed by atoms with Gasteiger partial charge in [-0.1, -0.05) is 29.0 Å². The molecule has 0 aliphatic heterocycles. The molecule has 0 fully saturated rings. The molecule has 0 atom stereocenters. The summed E-state index contributed by atoms with van der Waals surface area (Å²) in [7, 11) is 0. The molecule has 3 rings (SSSR count). The molecule has 3 aromatic rings. The van der Waals surface area contributed by atoms with Gasteiger partial charge in [-0.15, -0.1) is 5.10 Å². The van der Waals surface area contributed by atoms with Gasteiger partial charge in [0.15, 0.2) is 5.69 Å². The van der Waals surface area contributed by atoms with E-state index in [-0.39, 0.29) is 5.69 Å². The number of anilines is 1. The fraction of sp³-hybridized carbons (Fsp3) is 0.118. The number of rotatable bonds is 3. The Morgan fingerprint density at radius 3 is 2.57 bits per heavy atom. The Labute approximate surface area is 132 Å². The average Bonchev–Trinajstić information content (AvgIpc) is 2.90. The van der Waals surface area contributed by atoms with Crippen LogP contribution < -0.4 is 5.32 Å². The van der Waals surface area contributed by atoms with Gasteiger partial charge in [0.2, 0.25) is 0 Å². The molecule has 1 heterocycles. The van der Waals surface area contributed by atoms with Gasteiger partial charge in [-0.2, -0.15) is 0 Å². The minimum Gasteiger partial charge on any atom is -0.320 e. The van der Waals surface area contributed by atoms with Crippen LogP contribution in [0.5, 0.6) is 0 Å². The van der Waals surface area contributed by atoms with Gasteiger partial charge in [0.25, 0.3) is 5.91 Å². The highest BCUT2D eigenvalue weighted by molar-refractivity contribution is 6.03. The second-order valence-corrected chi connectivity index (χ2v) is 5.24. The molecule has 116 valence electrons. The molecule has 0 saturated carbocycles. The molecule has 0 unspecified atom stereocenters. The first-order valence-corrected chi connectivity index (χ1v) is 7.11. The maximum Gasteiger partial charge on any atom is 0.278 e. The van der Waals surface area contributed by atoms with E-state index in [1.54, 1.807) is 17.7 Å². The van der Waals surface area contributed by atoms with E-state index < -0.39 is 11.7 Å². The van der Waals surface area contributed by atoms with Gasteiger partial charge in [-0.05, 0) is 44.2 Å². The first-order chi connectivity index (χ1) is 11.0. The van der Waals surface area contributed by atoms with Crippen molar-refractivity contribution in [2.75, 3.05) is 5.32 Å². The molecule has 0 aliphatic carbocycles. The third kappa shape index (κ3) is 3.11. The third-order valence-electron chi connectivity index (χ3n) is 3.47. The first kappa shape index (κ1) is 14.9. The zero-order valence-corrected chi connectivity index (χ0v) is 12.7. The van der Waals surface area contributed by atoms with Crippen molar-refractivity contribution < 1.29 is 9.18 Å². The van der Waals surface area contributed by atoms with E-state index in [1.807, 2.05) is 31.2 Å². The quantitative estimate of drug-likeness (QED) is 0.807. The van der Waals surface area contributed by atoms with Crippen LogP contribution in [0.3, 0.4) is 0 Å². The van der Waals surface area contributed by atoms with Gasteiger partial charge in [0, 0.05) is 5.69 Å². The van der Waals surface area contributed by atoms with E-state index >= 15 is 0 Å². The Bertz CT molecular complexity index is 855. The number of hydrogen-bond donors (Lipinski definition) is 1. The first-order valence-electron chi connectivity index (χ1n) is 7.11. The fourth-order valence-electron chi connectivity index (χ4n) is 2.23. The van der Waals surface area contributed by atoms with Crippen molar-refractivity contribution in [2.24, 2.45) is 0 Å². The van der Waals surface area contributed by atoms with Crippen LogP contribution in [0.2, 0.25) is 0 Å². The van der Waals surface area contributed by atoms with Gasteiger partial charge >= 0.3 is 0 Å². The van der Waals surface area contributed by atoms with Crippen molar-refractivity contribution >= 4 is 11.6 Å². The molecule has 0 aliphatic rings. The van der Waals surface area contributed by atoms with E-state index in [9.17, 15) is 9.18 Å². The zero-order valence-electron chi connectivity index (χ0n) is 12.7. The number of carbonyl (C=O) groups excluding carboxylic acids is 1. The van der Waals surface area contributed by atoms with E-state index in [0.717, 1.165) is 11.3 Å². The molecule has 1 N–H and O–H groups in total. The normalized spacial score (nSPS) is 10.6. The maximum atomic E-state index is 13.2. The molecule has 0 radical (unpaired) electrons. The minimum atomic E-state index is -0.425. The average molecular weight is 310 g/mol. The molecule has 5 nitrogen and oxygen atoms in total. The molecular weight excluding hydrogens is 295 g/mol. The predicted molar refractivity (Wildman–Crippen MR) is 85.2 cm³/mol. The summed E-state index contributed by atoms with van der Waals surface area (Å²) in [6, 6.07) is 13.4. The summed E-state index contributed by atoms with van der Waals surface area (Å²) in [6.45, 7) is 3.76. The standard InChI is InChI=1S/C17H15FN4O/c1-11-6-8-15(9-7-11)22-12(2)16(20-21-22)17(23)19-14-5-3-4-13(18)10-14/h3-10H,1-2H3,(H,19,23). The summed E-state index contributed by atoms with van der Waals surface area (Å²) in [5.74, 6) is -0.839. The topological polar surface area (TPSA) is 59.8 Å². The third-order valence-corrected chi connectivity index (χ3v) is 3.47. The zero-order chi connectivity index (χ0) is 16.4. The second-order valence-electron chi connectivity index (χ2n) is 5.24.